The van der Waals surface area contributed by atoms with Crippen LogP contribution in [0.25, 0.3) is 0 Å². The molecule has 1 fully saturated rings. The van der Waals surface area contributed by atoms with Crippen LogP contribution in [-0.4, -0.2) is 23.7 Å². The van der Waals surface area contributed by atoms with Gasteiger partial charge in [-0.3, -0.25) is 4.90 Å². The van der Waals surface area contributed by atoms with E-state index in [2.05, 4.69) is 11.0 Å². The fraction of sp³-hybridized carbons (Fsp3) is 0.320. The standard InChI is InChI=1S/C25H22ClF3N2S/c1-25(2,29)23(17-8-20(27)10-21(28)9-17)18-12-31(13-18)24(16-3-5-19(26)6-4-16)22-7-15(11-30)14-32-22/h3-10,14,18,23-24H,12-13H2,1-2H3. The minimum atomic E-state index is -1.65. The Bertz CT molecular complexity index is 1120. The number of halogens is 4. The Hall–Kier alpha value is -2.33. The first-order valence-corrected chi connectivity index (χ1v) is 11.5. The average Bonchev–Trinajstić information content (AvgIpc) is 3.14. The topological polar surface area (TPSA) is 27.0 Å². The Kier molecular flexibility index (Phi) is 6.35. The van der Waals surface area contributed by atoms with E-state index in [9.17, 15) is 14.0 Å². The van der Waals surface area contributed by atoms with Gasteiger partial charge in [0.2, 0.25) is 0 Å². The maximum atomic E-state index is 15.2. The Balaban J connectivity index is 1.63. The van der Waals surface area contributed by atoms with Gasteiger partial charge < -0.3 is 0 Å². The Morgan fingerprint density at radius 3 is 2.22 bits per heavy atom. The molecule has 1 aromatic heterocycles. The summed E-state index contributed by atoms with van der Waals surface area (Å²) < 4.78 is 43.0. The lowest BCUT2D eigenvalue weighted by molar-refractivity contribution is 0.00880. The van der Waals surface area contributed by atoms with E-state index in [0.717, 1.165) is 16.5 Å². The molecule has 2 unspecified atom stereocenters. The first-order valence-electron chi connectivity index (χ1n) is 10.3. The van der Waals surface area contributed by atoms with Gasteiger partial charge in [-0.15, -0.1) is 11.3 Å². The third-order valence-corrected chi connectivity index (χ3v) is 7.20. The highest BCUT2D eigenvalue weighted by Crippen LogP contribution is 2.46. The fourth-order valence-electron chi connectivity index (χ4n) is 4.71. The highest BCUT2D eigenvalue weighted by molar-refractivity contribution is 7.10. The van der Waals surface area contributed by atoms with Crippen molar-refractivity contribution in [3.63, 3.8) is 0 Å². The number of alkyl halides is 1. The van der Waals surface area contributed by atoms with Crippen LogP contribution in [0.1, 0.15) is 47.4 Å². The van der Waals surface area contributed by atoms with Crippen molar-refractivity contribution in [1.29, 1.82) is 5.26 Å². The van der Waals surface area contributed by atoms with Gasteiger partial charge in [-0.05, 0) is 61.2 Å². The first-order chi connectivity index (χ1) is 15.2. The van der Waals surface area contributed by atoms with E-state index in [4.69, 9.17) is 11.6 Å². The lowest BCUT2D eigenvalue weighted by Gasteiger charge is -2.49. The summed E-state index contributed by atoms with van der Waals surface area (Å²) in [5, 5.41) is 11.7. The Morgan fingerprint density at radius 1 is 1.06 bits per heavy atom. The van der Waals surface area contributed by atoms with E-state index < -0.39 is 23.2 Å². The molecule has 1 aliphatic heterocycles. The summed E-state index contributed by atoms with van der Waals surface area (Å²) in [7, 11) is 0. The molecule has 0 radical (unpaired) electrons. The number of likely N-dealkylation sites (tertiary alicyclic amines) is 1. The molecule has 1 saturated heterocycles. The van der Waals surface area contributed by atoms with Crippen LogP contribution in [0.2, 0.25) is 5.02 Å². The normalized spacial score (nSPS) is 16.9. The summed E-state index contributed by atoms with van der Waals surface area (Å²) in [6, 6.07) is 14.7. The minimum Gasteiger partial charge on any atom is -0.291 e. The van der Waals surface area contributed by atoms with Crippen molar-refractivity contribution in [2.24, 2.45) is 5.92 Å². The number of rotatable bonds is 6. The molecule has 2 atom stereocenters. The van der Waals surface area contributed by atoms with Gasteiger partial charge in [0.05, 0.1) is 11.6 Å². The molecule has 32 heavy (non-hydrogen) atoms. The smallest absolute Gasteiger partial charge is 0.126 e. The highest BCUT2D eigenvalue weighted by atomic mass is 35.5. The van der Waals surface area contributed by atoms with Gasteiger partial charge in [-0.25, -0.2) is 13.2 Å². The molecule has 0 N–H and O–H groups in total. The van der Waals surface area contributed by atoms with Crippen molar-refractivity contribution in [2.45, 2.75) is 31.5 Å². The van der Waals surface area contributed by atoms with Crippen LogP contribution in [0, 0.1) is 28.9 Å². The molecule has 2 aromatic carbocycles. The SMILES string of the molecule is CC(C)(F)C(c1cc(F)cc(F)c1)C1CN(C(c2ccc(Cl)cc2)c2cc(C#N)cs2)C1. The van der Waals surface area contributed by atoms with Crippen LogP contribution in [0.5, 0.6) is 0 Å². The van der Waals surface area contributed by atoms with Crippen LogP contribution in [0.4, 0.5) is 13.2 Å². The molecule has 2 heterocycles. The molecular formula is C25H22ClF3N2S. The quantitative estimate of drug-likeness (QED) is 0.381. The van der Waals surface area contributed by atoms with Crippen LogP contribution in [-0.2, 0) is 0 Å². The Labute approximate surface area is 194 Å². The molecule has 7 heteroatoms. The number of benzene rings is 2. The predicted molar refractivity (Wildman–Crippen MR) is 122 cm³/mol. The van der Waals surface area contributed by atoms with E-state index in [1.807, 2.05) is 35.7 Å². The number of hydrogen-bond donors (Lipinski definition) is 0. The molecule has 4 rings (SSSR count). The lowest BCUT2D eigenvalue weighted by Crippen LogP contribution is -2.53. The largest absolute Gasteiger partial charge is 0.291 e. The monoisotopic (exact) mass is 474 g/mol. The van der Waals surface area contributed by atoms with Gasteiger partial charge >= 0.3 is 0 Å². The molecule has 166 valence electrons. The van der Waals surface area contributed by atoms with E-state index in [0.29, 0.717) is 29.2 Å². The van der Waals surface area contributed by atoms with E-state index in [1.54, 1.807) is 0 Å². The van der Waals surface area contributed by atoms with Gasteiger partial charge in [-0.2, -0.15) is 5.26 Å². The van der Waals surface area contributed by atoms with Crippen molar-refractivity contribution >= 4 is 22.9 Å². The second-order valence-corrected chi connectivity index (χ2v) is 10.1. The number of nitrogens with zero attached hydrogens (tertiary/aromatic N) is 2. The first kappa shape index (κ1) is 22.8. The zero-order valence-electron chi connectivity index (χ0n) is 17.7. The van der Waals surface area contributed by atoms with Crippen molar-refractivity contribution in [3.8, 4) is 6.07 Å². The van der Waals surface area contributed by atoms with Gasteiger partial charge in [0.15, 0.2) is 0 Å². The van der Waals surface area contributed by atoms with Gasteiger partial charge in [0.25, 0.3) is 0 Å². The third kappa shape index (κ3) is 4.71. The second kappa shape index (κ2) is 8.90. The molecule has 0 bridgehead atoms. The maximum absolute atomic E-state index is 15.2. The molecule has 0 saturated carbocycles. The molecule has 3 aromatic rings. The molecule has 0 spiro atoms. The third-order valence-electron chi connectivity index (χ3n) is 5.96. The van der Waals surface area contributed by atoms with Gasteiger partial charge in [-0.1, -0.05) is 23.7 Å². The van der Waals surface area contributed by atoms with Crippen molar-refractivity contribution < 1.29 is 13.2 Å². The molecule has 0 aliphatic carbocycles. The Morgan fingerprint density at radius 2 is 1.69 bits per heavy atom. The van der Waals surface area contributed by atoms with E-state index in [-0.39, 0.29) is 12.0 Å². The van der Waals surface area contributed by atoms with Crippen molar-refractivity contribution in [1.82, 2.24) is 4.90 Å². The lowest BCUT2D eigenvalue weighted by atomic mass is 9.72. The number of nitriles is 1. The van der Waals surface area contributed by atoms with Crippen molar-refractivity contribution in [2.75, 3.05) is 13.1 Å². The molecule has 2 nitrogen and oxygen atoms in total. The summed E-state index contributed by atoms with van der Waals surface area (Å²) in [5.74, 6) is -2.16. The van der Waals surface area contributed by atoms with E-state index >= 15 is 4.39 Å². The van der Waals surface area contributed by atoms with Crippen LogP contribution < -0.4 is 0 Å². The number of hydrogen-bond acceptors (Lipinski definition) is 3. The highest BCUT2D eigenvalue weighted by Gasteiger charge is 2.45. The van der Waals surface area contributed by atoms with Crippen LogP contribution >= 0.6 is 22.9 Å². The predicted octanol–water partition coefficient (Wildman–Crippen LogP) is 7.10. The fourth-order valence-corrected chi connectivity index (χ4v) is 5.83. The maximum Gasteiger partial charge on any atom is 0.126 e. The molecule has 0 amide bonds. The summed E-state index contributed by atoms with van der Waals surface area (Å²) in [6.07, 6.45) is 0. The summed E-state index contributed by atoms with van der Waals surface area (Å²) in [4.78, 5) is 3.21. The van der Waals surface area contributed by atoms with E-state index in [1.165, 1.54) is 37.3 Å². The average molecular weight is 475 g/mol. The number of thiophene rings is 1. The zero-order valence-corrected chi connectivity index (χ0v) is 19.2. The minimum absolute atomic E-state index is 0.108. The summed E-state index contributed by atoms with van der Waals surface area (Å²) >= 11 is 7.57. The zero-order chi connectivity index (χ0) is 23.0. The summed E-state index contributed by atoms with van der Waals surface area (Å²) in [5.41, 5.74) is 0.306. The second-order valence-electron chi connectivity index (χ2n) is 8.76. The van der Waals surface area contributed by atoms with Gasteiger partial charge in [0.1, 0.15) is 23.4 Å². The van der Waals surface area contributed by atoms with Gasteiger partial charge in [0, 0.05) is 40.4 Å². The molecule has 1 aliphatic rings. The van der Waals surface area contributed by atoms with Crippen molar-refractivity contribution in [3.05, 3.63) is 92.1 Å². The molecular weight excluding hydrogens is 453 g/mol. The van der Waals surface area contributed by atoms with Crippen LogP contribution in [0.15, 0.2) is 53.9 Å². The van der Waals surface area contributed by atoms with Crippen LogP contribution in [0.3, 0.4) is 0 Å². The summed E-state index contributed by atoms with van der Waals surface area (Å²) in [6.45, 7) is 4.03.